The van der Waals surface area contributed by atoms with Crippen LogP contribution in [0.15, 0.2) is 24.3 Å². The Labute approximate surface area is 148 Å². The maximum absolute atomic E-state index is 13.0. The highest BCUT2D eigenvalue weighted by atomic mass is 19.4. The molecule has 2 amide bonds. The van der Waals surface area contributed by atoms with Crippen LogP contribution in [0, 0.1) is 5.82 Å². The van der Waals surface area contributed by atoms with Gasteiger partial charge in [-0.05, 0) is 45.0 Å². The van der Waals surface area contributed by atoms with Gasteiger partial charge in [-0.1, -0.05) is 0 Å². The average Bonchev–Trinajstić information content (AvgIpc) is 2.55. The molecular weight excluding hydrogens is 356 g/mol. The molecule has 144 valence electrons. The number of halogens is 4. The number of rotatable bonds is 2. The summed E-state index contributed by atoms with van der Waals surface area (Å²) in [7, 11) is 0. The number of amides is 2. The molecule has 1 aromatic carbocycles. The van der Waals surface area contributed by atoms with E-state index in [0.29, 0.717) is 6.92 Å². The van der Waals surface area contributed by atoms with Crippen LogP contribution in [0.3, 0.4) is 0 Å². The van der Waals surface area contributed by atoms with Crippen molar-refractivity contribution in [2.24, 2.45) is 0 Å². The van der Waals surface area contributed by atoms with Crippen molar-refractivity contribution in [2.45, 2.75) is 44.6 Å². The molecule has 0 radical (unpaired) electrons. The van der Waals surface area contributed by atoms with Crippen LogP contribution in [0.5, 0.6) is 0 Å². The van der Waals surface area contributed by atoms with Gasteiger partial charge in [0.25, 0.3) is 11.8 Å². The molecule has 1 aromatic rings. The van der Waals surface area contributed by atoms with Crippen LogP contribution in [0.2, 0.25) is 0 Å². The number of benzene rings is 1. The zero-order valence-electron chi connectivity index (χ0n) is 14.5. The lowest BCUT2D eigenvalue weighted by Crippen LogP contribution is -2.65. The highest BCUT2D eigenvalue weighted by molar-refractivity contribution is 5.94. The Kier molecular flexibility index (Phi) is 5.32. The van der Waals surface area contributed by atoms with Crippen LogP contribution in [0.1, 0.15) is 31.1 Å². The average molecular weight is 376 g/mol. The Bertz CT molecular complexity index is 688. The lowest BCUT2D eigenvalue weighted by atomic mass is 10.00. The van der Waals surface area contributed by atoms with E-state index in [-0.39, 0.29) is 18.7 Å². The standard InChI is InChI=1S/C17H20F4N2O3/c1-10-9-23(15(25)16(3,26)17(19,20)21)11(2)8-22(10)14(24)12-4-6-13(18)7-5-12/h4-7,10-11,26H,8-9H2,1-3H3/t10-,11+,16-/m1/s1. The van der Waals surface area contributed by atoms with E-state index in [0.717, 1.165) is 17.0 Å². The molecule has 1 heterocycles. The van der Waals surface area contributed by atoms with E-state index >= 15 is 0 Å². The van der Waals surface area contributed by atoms with Gasteiger partial charge in [0.05, 0.1) is 0 Å². The van der Waals surface area contributed by atoms with E-state index in [1.54, 1.807) is 6.92 Å². The normalized spacial score (nSPS) is 23.5. The van der Waals surface area contributed by atoms with E-state index in [1.165, 1.54) is 24.0 Å². The summed E-state index contributed by atoms with van der Waals surface area (Å²) in [5, 5.41) is 9.62. The Morgan fingerprint density at radius 1 is 1.04 bits per heavy atom. The second-order valence-electron chi connectivity index (χ2n) is 6.69. The molecule has 0 saturated carbocycles. The molecule has 0 unspecified atom stereocenters. The minimum absolute atomic E-state index is 0.00292. The Morgan fingerprint density at radius 2 is 1.50 bits per heavy atom. The number of aliphatic hydroxyl groups is 1. The summed E-state index contributed by atoms with van der Waals surface area (Å²) >= 11 is 0. The quantitative estimate of drug-likeness (QED) is 0.805. The van der Waals surface area contributed by atoms with Crippen molar-refractivity contribution < 1.29 is 32.3 Å². The molecule has 0 aromatic heterocycles. The van der Waals surface area contributed by atoms with Crippen molar-refractivity contribution in [1.82, 2.24) is 9.80 Å². The lowest BCUT2D eigenvalue weighted by Gasteiger charge is -2.46. The number of alkyl halides is 3. The fourth-order valence-electron chi connectivity index (χ4n) is 2.85. The molecule has 1 saturated heterocycles. The highest BCUT2D eigenvalue weighted by Gasteiger charge is 2.58. The topological polar surface area (TPSA) is 60.9 Å². The van der Waals surface area contributed by atoms with Gasteiger partial charge in [-0.3, -0.25) is 9.59 Å². The molecule has 26 heavy (non-hydrogen) atoms. The number of carbonyl (C=O) groups is 2. The molecule has 1 aliphatic heterocycles. The third-order valence-electron chi connectivity index (χ3n) is 4.57. The first-order chi connectivity index (χ1) is 11.9. The van der Waals surface area contributed by atoms with E-state index < -0.39 is 41.5 Å². The minimum Gasteiger partial charge on any atom is -0.373 e. The van der Waals surface area contributed by atoms with Crippen molar-refractivity contribution >= 4 is 11.8 Å². The molecular formula is C17H20F4N2O3. The second kappa shape index (κ2) is 6.86. The second-order valence-corrected chi connectivity index (χ2v) is 6.69. The first kappa shape index (κ1) is 20.2. The monoisotopic (exact) mass is 376 g/mol. The summed E-state index contributed by atoms with van der Waals surface area (Å²) < 4.78 is 51.8. The number of carbonyl (C=O) groups excluding carboxylic acids is 2. The van der Waals surface area contributed by atoms with Gasteiger partial charge >= 0.3 is 6.18 Å². The third kappa shape index (κ3) is 3.67. The van der Waals surface area contributed by atoms with Crippen LogP contribution in [0.25, 0.3) is 0 Å². The third-order valence-corrected chi connectivity index (χ3v) is 4.57. The molecule has 5 nitrogen and oxygen atoms in total. The molecule has 2 rings (SSSR count). The van der Waals surface area contributed by atoms with Crippen LogP contribution in [0.4, 0.5) is 17.6 Å². The first-order valence-corrected chi connectivity index (χ1v) is 8.03. The Hall–Kier alpha value is -2.16. The number of nitrogens with zero attached hydrogens (tertiary/aromatic N) is 2. The van der Waals surface area contributed by atoms with Crippen LogP contribution >= 0.6 is 0 Å². The molecule has 1 aliphatic rings. The molecule has 3 atom stereocenters. The van der Waals surface area contributed by atoms with Gasteiger partial charge in [0.15, 0.2) is 0 Å². The van der Waals surface area contributed by atoms with Crippen molar-refractivity contribution in [3.8, 4) is 0 Å². The van der Waals surface area contributed by atoms with Crippen LogP contribution < -0.4 is 0 Å². The zero-order chi connectivity index (χ0) is 19.9. The summed E-state index contributed by atoms with van der Waals surface area (Å²) in [6.45, 7) is 3.36. The summed E-state index contributed by atoms with van der Waals surface area (Å²) in [6.07, 6.45) is -5.10. The SMILES string of the molecule is C[C@@H]1CN(C(=O)[C@@](C)(O)C(F)(F)F)[C@@H](C)CN1C(=O)c1ccc(F)cc1. The minimum atomic E-state index is -5.10. The van der Waals surface area contributed by atoms with Crippen molar-refractivity contribution in [3.05, 3.63) is 35.6 Å². The summed E-state index contributed by atoms with van der Waals surface area (Å²) in [4.78, 5) is 27.1. The molecule has 1 fully saturated rings. The summed E-state index contributed by atoms with van der Waals surface area (Å²) in [5.41, 5.74) is -3.25. The zero-order valence-corrected chi connectivity index (χ0v) is 14.5. The maximum atomic E-state index is 13.0. The van der Waals surface area contributed by atoms with Gasteiger partial charge < -0.3 is 14.9 Å². The number of hydrogen-bond acceptors (Lipinski definition) is 3. The highest BCUT2D eigenvalue weighted by Crippen LogP contribution is 2.33. The number of piperazine rings is 1. The summed E-state index contributed by atoms with van der Waals surface area (Å²) in [6, 6.07) is 3.62. The largest absolute Gasteiger partial charge is 0.426 e. The van der Waals surface area contributed by atoms with Gasteiger partial charge in [-0.2, -0.15) is 13.2 Å². The molecule has 1 N–H and O–H groups in total. The summed E-state index contributed by atoms with van der Waals surface area (Å²) in [5.74, 6) is -2.34. The van der Waals surface area contributed by atoms with Crippen molar-refractivity contribution in [2.75, 3.05) is 13.1 Å². The Morgan fingerprint density at radius 3 is 2.00 bits per heavy atom. The predicted octanol–water partition coefficient (Wildman–Crippen LogP) is 2.20. The molecule has 9 heteroatoms. The molecule has 0 bridgehead atoms. The van der Waals surface area contributed by atoms with Gasteiger partial charge in [0.1, 0.15) is 5.82 Å². The van der Waals surface area contributed by atoms with Gasteiger partial charge in [-0.25, -0.2) is 4.39 Å². The number of hydrogen-bond donors (Lipinski definition) is 1. The van der Waals surface area contributed by atoms with Crippen LogP contribution in [-0.2, 0) is 4.79 Å². The van der Waals surface area contributed by atoms with E-state index in [4.69, 9.17) is 0 Å². The van der Waals surface area contributed by atoms with E-state index in [9.17, 15) is 32.3 Å². The van der Waals surface area contributed by atoms with Crippen molar-refractivity contribution in [1.29, 1.82) is 0 Å². The van der Waals surface area contributed by atoms with Gasteiger partial charge in [0, 0.05) is 30.7 Å². The maximum Gasteiger partial charge on any atom is 0.426 e. The van der Waals surface area contributed by atoms with Gasteiger partial charge in [-0.15, -0.1) is 0 Å². The van der Waals surface area contributed by atoms with E-state index in [2.05, 4.69) is 0 Å². The predicted molar refractivity (Wildman–Crippen MR) is 84.8 cm³/mol. The smallest absolute Gasteiger partial charge is 0.373 e. The van der Waals surface area contributed by atoms with Crippen LogP contribution in [-0.4, -0.2) is 63.7 Å². The fourth-order valence-corrected chi connectivity index (χ4v) is 2.85. The first-order valence-electron chi connectivity index (χ1n) is 8.03. The Balaban J connectivity index is 2.17. The van der Waals surface area contributed by atoms with Gasteiger partial charge in [0.2, 0.25) is 5.60 Å². The van der Waals surface area contributed by atoms with E-state index in [1.807, 2.05) is 0 Å². The lowest BCUT2D eigenvalue weighted by molar-refractivity contribution is -0.251. The van der Waals surface area contributed by atoms with Crippen molar-refractivity contribution in [3.63, 3.8) is 0 Å². The fraction of sp³-hybridized carbons (Fsp3) is 0.529. The molecule has 0 spiro atoms. The molecule has 0 aliphatic carbocycles.